The van der Waals surface area contributed by atoms with Gasteiger partial charge in [-0.15, -0.1) is 0 Å². The van der Waals surface area contributed by atoms with E-state index in [2.05, 4.69) is 61.6 Å². The van der Waals surface area contributed by atoms with Gasteiger partial charge in [0.25, 0.3) is 0 Å². The van der Waals surface area contributed by atoms with Crippen LogP contribution in [0.1, 0.15) is 28.2 Å². The molecule has 1 nitrogen and oxygen atoms in total. The molecule has 0 aliphatic carbocycles. The summed E-state index contributed by atoms with van der Waals surface area (Å²) in [5.41, 5.74) is 7.08. The van der Waals surface area contributed by atoms with Crippen LogP contribution in [0.5, 0.6) is 0 Å². The van der Waals surface area contributed by atoms with Crippen molar-refractivity contribution in [2.45, 2.75) is 26.2 Å². The molecule has 1 N–H and O–H groups in total. The van der Waals surface area contributed by atoms with Crippen molar-refractivity contribution in [1.82, 2.24) is 0 Å². The molecule has 0 fully saturated rings. The average molecular weight is 237 g/mol. The van der Waals surface area contributed by atoms with Crippen molar-refractivity contribution in [2.24, 2.45) is 0 Å². The van der Waals surface area contributed by atoms with E-state index in [1.54, 1.807) is 0 Å². The second kappa shape index (κ2) is 4.49. The second-order valence-corrected chi connectivity index (χ2v) is 5.23. The molecule has 0 radical (unpaired) electrons. The summed E-state index contributed by atoms with van der Waals surface area (Å²) in [6.07, 6.45) is 1.15. The molecule has 2 aromatic carbocycles. The lowest BCUT2D eigenvalue weighted by molar-refractivity contribution is 0.690. The lowest BCUT2D eigenvalue weighted by atomic mass is 9.85. The Morgan fingerprint density at radius 2 is 1.83 bits per heavy atom. The zero-order chi connectivity index (χ0) is 12.5. The summed E-state index contributed by atoms with van der Waals surface area (Å²) in [4.78, 5) is 0. The highest BCUT2D eigenvalue weighted by Gasteiger charge is 2.20. The maximum Gasteiger partial charge on any atom is 0.0373 e. The van der Waals surface area contributed by atoms with Gasteiger partial charge in [0.15, 0.2) is 0 Å². The topological polar surface area (TPSA) is 12.0 Å². The van der Waals surface area contributed by atoms with Crippen LogP contribution in [-0.2, 0) is 6.42 Å². The molecule has 18 heavy (non-hydrogen) atoms. The highest BCUT2D eigenvalue weighted by molar-refractivity contribution is 5.55. The third-order valence-corrected chi connectivity index (χ3v) is 4.11. The van der Waals surface area contributed by atoms with Crippen LogP contribution in [0.4, 0.5) is 5.69 Å². The summed E-state index contributed by atoms with van der Waals surface area (Å²) < 4.78 is 0. The van der Waals surface area contributed by atoms with E-state index in [-0.39, 0.29) is 0 Å². The fourth-order valence-corrected chi connectivity index (χ4v) is 2.88. The van der Waals surface area contributed by atoms with Crippen LogP contribution < -0.4 is 5.32 Å². The van der Waals surface area contributed by atoms with E-state index >= 15 is 0 Å². The quantitative estimate of drug-likeness (QED) is 0.788. The van der Waals surface area contributed by atoms with Crippen molar-refractivity contribution in [2.75, 3.05) is 11.9 Å². The van der Waals surface area contributed by atoms with E-state index in [4.69, 9.17) is 0 Å². The maximum absolute atomic E-state index is 3.56. The number of benzene rings is 2. The van der Waals surface area contributed by atoms with Gasteiger partial charge in [-0.2, -0.15) is 0 Å². The van der Waals surface area contributed by atoms with Crippen molar-refractivity contribution in [3.05, 3.63) is 64.7 Å². The van der Waals surface area contributed by atoms with Gasteiger partial charge in [0.05, 0.1) is 0 Å². The summed E-state index contributed by atoms with van der Waals surface area (Å²) in [5, 5.41) is 3.56. The third-order valence-electron chi connectivity index (χ3n) is 4.11. The Morgan fingerprint density at radius 3 is 2.72 bits per heavy atom. The molecule has 0 amide bonds. The van der Waals surface area contributed by atoms with Crippen LogP contribution in [0.3, 0.4) is 0 Å². The number of hydrogen-bond acceptors (Lipinski definition) is 1. The molecule has 0 saturated carbocycles. The van der Waals surface area contributed by atoms with Crippen LogP contribution in [0.2, 0.25) is 0 Å². The van der Waals surface area contributed by atoms with Crippen LogP contribution in [-0.4, -0.2) is 6.54 Å². The zero-order valence-electron chi connectivity index (χ0n) is 11.0. The first kappa shape index (κ1) is 11.3. The summed E-state index contributed by atoms with van der Waals surface area (Å²) in [5.74, 6) is 0.597. The molecular weight excluding hydrogens is 218 g/mol. The van der Waals surface area contributed by atoms with Gasteiger partial charge in [-0.3, -0.25) is 0 Å². The molecule has 0 bridgehead atoms. The molecular formula is C17H19N. The number of anilines is 1. The second-order valence-electron chi connectivity index (χ2n) is 5.23. The minimum Gasteiger partial charge on any atom is -0.384 e. The monoisotopic (exact) mass is 237 g/mol. The Labute approximate surface area is 109 Å². The number of nitrogens with one attached hydrogen (secondary N) is 1. The van der Waals surface area contributed by atoms with Crippen LogP contribution in [0.25, 0.3) is 0 Å². The van der Waals surface area contributed by atoms with E-state index in [0.717, 1.165) is 13.0 Å². The lowest BCUT2D eigenvalue weighted by Crippen LogP contribution is -2.22. The van der Waals surface area contributed by atoms with Gasteiger partial charge in [-0.05, 0) is 48.6 Å². The number of para-hydroxylation sites is 1. The number of hydrogen-bond donors (Lipinski definition) is 1. The summed E-state index contributed by atoms with van der Waals surface area (Å²) >= 11 is 0. The Bertz CT molecular complexity index is 572. The highest BCUT2D eigenvalue weighted by Crippen LogP contribution is 2.32. The fourth-order valence-electron chi connectivity index (χ4n) is 2.88. The van der Waals surface area contributed by atoms with Gasteiger partial charge in [-0.1, -0.05) is 36.4 Å². The van der Waals surface area contributed by atoms with E-state index in [9.17, 15) is 0 Å². The largest absolute Gasteiger partial charge is 0.384 e. The number of rotatable bonds is 1. The molecule has 92 valence electrons. The molecule has 3 rings (SSSR count). The third kappa shape index (κ3) is 1.90. The van der Waals surface area contributed by atoms with Crippen molar-refractivity contribution in [3.63, 3.8) is 0 Å². The first-order valence-corrected chi connectivity index (χ1v) is 6.63. The lowest BCUT2D eigenvalue weighted by Gasteiger charge is -2.28. The van der Waals surface area contributed by atoms with Crippen molar-refractivity contribution in [3.8, 4) is 0 Å². The predicted molar refractivity (Wildman–Crippen MR) is 77.3 cm³/mol. The summed E-state index contributed by atoms with van der Waals surface area (Å²) in [7, 11) is 0. The molecule has 1 unspecified atom stereocenters. The molecule has 1 aliphatic heterocycles. The normalized spacial score (nSPS) is 18.0. The van der Waals surface area contributed by atoms with Gasteiger partial charge >= 0.3 is 0 Å². The Balaban J connectivity index is 1.94. The Morgan fingerprint density at radius 1 is 1.00 bits per heavy atom. The smallest absolute Gasteiger partial charge is 0.0373 e. The molecule has 0 spiro atoms. The van der Waals surface area contributed by atoms with E-state index in [1.165, 1.54) is 27.9 Å². The van der Waals surface area contributed by atoms with Gasteiger partial charge in [0.2, 0.25) is 0 Å². The standard InChI is InChI=1S/C17H19N/c1-12-6-5-8-16(13(12)2)15-10-14-7-3-4-9-17(14)18-11-15/h3-9,15,18H,10-11H2,1-2H3. The van der Waals surface area contributed by atoms with E-state index < -0.39 is 0 Å². The van der Waals surface area contributed by atoms with Crippen LogP contribution in [0.15, 0.2) is 42.5 Å². The first-order valence-electron chi connectivity index (χ1n) is 6.63. The van der Waals surface area contributed by atoms with Gasteiger partial charge < -0.3 is 5.32 Å². The van der Waals surface area contributed by atoms with Crippen LogP contribution in [0, 0.1) is 13.8 Å². The van der Waals surface area contributed by atoms with E-state index in [0.29, 0.717) is 5.92 Å². The minimum absolute atomic E-state index is 0.597. The van der Waals surface area contributed by atoms with Crippen molar-refractivity contribution < 1.29 is 0 Å². The summed E-state index contributed by atoms with van der Waals surface area (Å²) in [6, 6.07) is 15.3. The molecule has 1 atom stereocenters. The molecule has 1 heteroatoms. The van der Waals surface area contributed by atoms with Gasteiger partial charge in [-0.25, -0.2) is 0 Å². The molecule has 1 heterocycles. The highest BCUT2D eigenvalue weighted by atomic mass is 14.9. The van der Waals surface area contributed by atoms with E-state index in [1.807, 2.05) is 0 Å². The summed E-state index contributed by atoms with van der Waals surface area (Å²) in [6.45, 7) is 5.48. The fraction of sp³-hybridized carbons (Fsp3) is 0.294. The Kier molecular flexibility index (Phi) is 2.83. The van der Waals surface area contributed by atoms with Crippen molar-refractivity contribution >= 4 is 5.69 Å². The zero-order valence-corrected chi connectivity index (χ0v) is 11.0. The first-order chi connectivity index (χ1) is 8.75. The predicted octanol–water partition coefficient (Wildman–Crippen LogP) is 4.06. The van der Waals surface area contributed by atoms with Crippen LogP contribution >= 0.6 is 0 Å². The van der Waals surface area contributed by atoms with Crippen molar-refractivity contribution in [1.29, 1.82) is 0 Å². The number of fused-ring (bicyclic) bond motifs is 1. The van der Waals surface area contributed by atoms with Gasteiger partial charge in [0.1, 0.15) is 0 Å². The molecule has 0 aromatic heterocycles. The SMILES string of the molecule is Cc1cccc(C2CNc3ccccc3C2)c1C. The average Bonchev–Trinajstić information content (AvgIpc) is 2.41. The minimum atomic E-state index is 0.597. The molecule has 2 aromatic rings. The molecule has 0 saturated heterocycles. The molecule has 1 aliphatic rings. The Hall–Kier alpha value is -1.76. The number of aryl methyl sites for hydroxylation is 1. The maximum atomic E-state index is 3.56. The van der Waals surface area contributed by atoms with Gasteiger partial charge in [0, 0.05) is 18.2 Å².